The maximum Gasteiger partial charge on any atom is 0.0669 e. The molecule has 0 radical (unpaired) electrons. The largest absolute Gasteiger partial charge is 0.394 e. The lowest BCUT2D eigenvalue weighted by Gasteiger charge is -2.31. The molecule has 1 aliphatic carbocycles. The quantitative estimate of drug-likeness (QED) is 0.733. The molecule has 0 aromatic carbocycles. The summed E-state index contributed by atoms with van der Waals surface area (Å²) in [6, 6.07) is 0. The average molecular weight is 215 g/mol. The number of hydrogen-bond donors (Lipinski definition) is 2. The van der Waals surface area contributed by atoms with Crippen molar-refractivity contribution in [2.24, 2.45) is 11.7 Å². The van der Waals surface area contributed by atoms with Crippen LogP contribution in [0.2, 0.25) is 0 Å². The van der Waals surface area contributed by atoms with Crippen LogP contribution in [-0.2, 0) is 4.74 Å². The maximum atomic E-state index is 9.02. The molecule has 1 rings (SSSR count). The van der Waals surface area contributed by atoms with Crippen LogP contribution in [0.3, 0.4) is 0 Å². The van der Waals surface area contributed by atoms with Crippen LogP contribution in [0, 0.1) is 5.92 Å². The standard InChI is InChI=1S/C12H25NO2/c1-3-10-5-4-6-11(7-10)15-9-12(2,13)8-14/h10-11,14H,3-9,13H2,1-2H3. The Morgan fingerprint density at radius 1 is 1.47 bits per heavy atom. The summed E-state index contributed by atoms with van der Waals surface area (Å²) in [5.74, 6) is 0.821. The molecule has 3 atom stereocenters. The number of aliphatic hydroxyl groups is 1. The van der Waals surface area contributed by atoms with Gasteiger partial charge in [0, 0.05) is 0 Å². The van der Waals surface area contributed by atoms with Gasteiger partial charge < -0.3 is 15.6 Å². The van der Waals surface area contributed by atoms with Gasteiger partial charge in [-0.2, -0.15) is 0 Å². The predicted octanol–water partition coefficient (Wildman–Crippen LogP) is 1.68. The molecule has 1 fully saturated rings. The Labute approximate surface area is 93.0 Å². The molecule has 3 nitrogen and oxygen atoms in total. The van der Waals surface area contributed by atoms with E-state index in [1.165, 1.54) is 19.3 Å². The fraction of sp³-hybridized carbons (Fsp3) is 1.00. The summed E-state index contributed by atoms with van der Waals surface area (Å²) >= 11 is 0. The number of ether oxygens (including phenoxy) is 1. The molecule has 90 valence electrons. The van der Waals surface area contributed by atoms with Gasteiger partial charge in [0.1, 0.15) is 0 Å². The molecule has 0 bridgehead atoms. The molecular weight excluding hydrogens is 190 g/mol. The smallest absolute Gasteiger partial charge is 0.0669 e. The fourth-order valence-corrected chi connectivity index (χ4v) is 2.12. The monoisotopic (exact) mass is 215 g/mol. The molecule has 15 heavy (non-hydrogen) atoms. The van der Waals surface area contributed by atoms with E-state index in [2.05, 4.69) is 6.92 Å². The second kappa shape index (κ2) is 5.83. The Kier molecular flexibility index (Phi) is 5.03. The van der Waals surface area contributed by atoms with Crippen LogP contribution in [0.15, 0.2) is 0 Å². The first-order chi connectivity index (χ1) is 7.07. The highest BCUT2D eigenvalue weighted by Gasteiger charge is 2.24. The van der Waals surface area contributed by atoms with Gasteiger partial charge in [0.15, 0.2) is 0 Å². The van der Waals surface area contributed by atoms with Crippen molar-refractivity contribution in [2.45, 2.75) is 57.6 Å². The Hall–Kier alpha value is -0.120. The normalized spacial score (nSPS) is 31.2. The Balaban J connectivity index is 2.26. The minimum atomic E-state index is -0.584. The zero-order valence-electron chi connectivity index (χ0n) is 10.0. The second-order valence-electron chi connectivity index (χ2n) is 5.19. The van der Waals surface area contributed by atoms with Crippen LogP contribution >= 0.6 is 0 Å². The molecule has 1 aliphatic rings. The number of nitrogens with two attached hydrogens (primary N) is 1. The number of hydrogen-bond acceptors (Lipinski definition) is 3. The van der Waals surface area contributed by atoms with Crippen LogP contribution < -0.4 is 5.73 Å². The highest BCUT2D eigenvalue weighted by atomic mass is 16.5. The summed E-state index contributed by atoms with van der Waals surface area (Å²) in [6.45, 7) is 4.52. The molecule has 0 heterocycles. The molecular formula is C12H25NO2. The first kappa shape index (κ1) is 12.9. The third-order valence-electron chi connectivity index (χ3n) is 3.32. The van der Waals surface area contributed by atoms with E-state index in [0.717, 1.165) is 18.8 Å². The fourth-order valence-electron chi connectivity index (χ4n) is 2.12. The highest BCUT2D eigenvalue weighted by Crippen LogP contribution is 2.28. The zero-order chi connectivity index (χ0) is 11.3. The van der Waals surface area contributed by atoms with E-state index >= 15 is 0 Å². The van der Waals surface area contributed by atoms with Crippen molar-refractivity contribution < 1.29 is 9.84 Å². The summed E-state index contributed by atoms with van der Waals surface area (Å²) in [5.41, 5.74) is 5.24. The van der Waals surface area contributed by atoms with E-state index in [1.807, 2.05) is 6.92 Å². The zero-order valence-corrected chi connectivity index (χ0v) is 10.0. The highest BCUT2D eigenvalue weighted by molar-refractivity contribution is 4.79. The van der Waals surface area contributed by atoms with Gasteiger partial charge in [-0.05, 0) is 25.7 Å². The topological polar surface area (TPSA) is 55.5 Å². The van der Waals surface area contributed by atoms with Crippen molar-refractivity contribution in [3.05, 3.63) is 0 Å². The molecule has 0 aromatic rings. The minimum absolute atomic E-state index is 0.0169. The van der Waals surface area contributed by atoms with E-state index < -0.39 is 5.54 Å². The SMILES string of the molecule is CCC1CCCC(OCC(C)(N)CO)C1. The Morgan fingerprint density at radius 2 is 2.20 bits per heavy atom. The van der Waals surface area contributed by atoms with E-state index in [1.54, 1.807) is 0 Å². The maximum absolute atomic E-state index is 9.02. The average Bonchev–Trinajstić information content (AvgIpc) is 2.27. The van der Waals surface area contributed by atoms with Crippen molar-refractivity contribution in [3.63, 3.8) is 0 Å². The molecule has 3 unspecified atom stereocenters. The van der Waals surface area contributed by atoms with Crippen LogP contribution in [0.4, 0.5) is 0 Å². The summed E-state index contributed by atoms with van der Waals surface area (Å²) in [7, 11) is 0. The third-order valence-corrected chi connectivity index (χ3v) is 3.32. The van der Waals surface area contributed by atoms with E-state index in [4.69, 9.17) is 15.6 Å². The van der Waals surface area contributed by atoms with E-state index in [-0.39, 0.29) is 6.61 Å². The molecule has 0 aliphatic heterocycles. The summed E-state index contributed by atoms with van der Waals surface area (Å²) in [5, 5.41) is 9.02. The van der Waals surface area contributed by atoms with Gasteiger partial charge in [0.05, 0.1) is 24.9 Å². The molecule has 3 N–H and O–H groups in total. The lowest BCUT2D eigenvalue weighted by atomic mass is 9.85. The van der Waals surface area contributed by atoms with Gasteiger partial charge in [-0.1, -0.05) is 26.2 Å². The summed E-state index contributed by atoms with van der Waals surface area (Å²) < 4.78 is 5.79. The van der Waals surface area contributed by atoms with Crippen molar-refractivity contribution in [3.8, 4) is 0 Å². The summed E-state index contributed by atoms with van der Waals surface area (Å²) in [4.78, 5) is 0. The lowest BCUT2D eigenvalue weighted by Crippen LogP contribution is -2.46. The predicted molar refractivity (Wildman–Crippen MR) is 61.7 cm³/mol. The first-order valence-corrected chi connectivity index (χ1v) is 6.08. The second-order valence-corrected chi connectivity index (χ2v) is 5.19. The Bertz CT molecular complexity index is 182. The van der Waals surface area contributed by atoms with E-state index in [0.29, 0.717) is 12.7 Å². The molecule has 0 saturated heterocycles. The molecule has 0 spiro atoms. The first-order valence-electron chi connectivity index (χ1n) is 6.08. The van der Waals surface area contributed by atoms with Crippen molar-refractivity contribution in [1.82, 2.24) is 0 Å². The number of rotatable bonds is 5. The van der Waals surface area contributed by atoms with Crippen molar-refractivity contribution >= 4 is 0 Å². The van der Waals surface area contributed by atoms with Gasteiger partial charge in [0.25, 0.3) is 0 Å². The van der Waals surface area contributed by atoms with Crippen LogP contribution in [0.1, 0.15) is 46.0 Å². The van der Waals surface area contributed by atoms with E-state index in [9.17, 15) is 0 Å². The Morgan fingerprint density at radius 3 is 2.80 bits per heavy atom. The van der Waals surface area contributed by atoms with Gasteiger partial charge in [-0.3, -0.25) is 0 Å². The summed E-state index contributed by atoms with van der Waals surface area (Å²) in [6.07, 6.45) is 6.54. The van der Waals surface area contributed by atoms with Gasteiger partial charge in [-0.25, -0.2) is 0 Å². The number of aliphatic hydroxyl groups excluding tert-OH is 1. The van der Waals surface area contributed by atoms with Gasteiger partial charge >= 0.3 is 0 Å². The van der Waals surface area contributed by atoms with Crippen LogP contribution in [0.25, 0.3) is 0 Å². The third kappa shape index (κ3) is 4.49. The lowest BCUT2D eigenvalue weighted by molar-refractivity contribution is -0.0196. The molecule has 1 saturated carbocycles. The molecule has 3 heteroatoms. The molecule has 0 amide bonds. The minimum Gasteiger partial charge on any atom is -0.394 e. The van der Waals surface area contributed by atoms with Gasteiger partial charge in [0.2, 0.25) is 0 Å². The van der Waals surface area contributed by atoms with Crippen LogP contribution in [-0.4, -0.2) is 30.0 Å². The molecule has 0 aromatic heterocycles. The van der Waals surface area contributed by atoms with Crippen molar-refractivity contribution in [2.75, 3.05) is 13.2 Å². The van der Waals surface area contributed by atoms with Gasteiger partial charge in [-0.15, -0.1) is 0 Å². The van der Waals surface area contributed by atoms with Crippen molar-refractivity contribution in [1.29, 1.82) is 0 Å². The van der Waals surface area contributed by atoms with Crippen LogP contribution in [0.5, 0.6) is 0 Å².